The van der Waals surface area contributed by atoms with Gasteiger partial charge in [0.1, 0.15) is 6.04 Å². The van der Waals surface area contributed by atoms with Crippen LogP contribution in [0.3, 0.4) is 0 Å². The topological polar surface area (TPSA) is 131 Å². The molecule has 3 aliphatic heterocycles. The van der Waals surface area contributed by atoms with Crippen molar-refractivity contribution in [2.45, 2.75) is 62.4 Å². The number of aromatic carboxylic acids is 1. The van der Waals surface area contributed by atoms with Crippen molar-refractivity contribution < 1.29 is 19.5 Å². The van der Waals surface area contributed by atoms with Gasteiger partial charge in [-0.2, -0.15) is 5.26 Å². The fraction of sp³-hybridized carbons (Fsp3) is 0.565. The van der Waals surface area contributed by atoms with Crippen molar-refractivity contribution in [2.75, 3.05) is 13.1 Å². The van der Waals surface area contributed by atoms with Crippen LogP contribution < -0.4 is 5.73 Å². The van der Waals surface area contributed by atoms with E-state index in [1.54, 1.807) is 29.2 Å². The average molecular weight is 438 g/mol. The highest BCUT2D eigenvalue weighted by Crippen LogP contribution is 2.48. The Balaban J connectivity index is 1.22. The second-order valence-corrected chi connectivity index (χ2v) is 9.50. The van der Waals surface area contributed by atoms with Crippen molar-refractivity contribution in [1.29, 1.82) is 5.26 Å². The lowest BCUT2D eigenvalue weighted by Crippen LogP contribution is -2.57. The van der Waals surface area contributed by atoms with E-state index in [4.69, 9.17) is 10.8 Å². The molecule has 0 aromatic heterocycles. The van der Waals surface area contributed by atoms with Crippen LogP contribution in [-0.4, -0.2) is 80.9 Å². The summed E-state index contributed by atoms with van der Waals surface area (Å²) in [5, 5.41) is 18.4. The number of carboxylic acid groups (broad SMARTS) is 1. The molecule has 168 valence electrons. The van der Waals surface area contributed by atoms with E-state index in [1.165, 1.54) is 0 Å². The van der Waals surface area contributed by atoms with Crippen molar-refractivity contribution in [3.05, 3.63) is 35.4 Å². The molecular formula is C23H27N5O4. The SMILES string of the molecule is CC(c1ccc(C(=O)O)cc1)N1C(=O)[C@@H]2CC1CN2CC(N)C(=O)N1C(C#N)C[C@@H]2C[C@@H]21. The zero-order valence-corrected chi connectivity index (χ0v) is 17.9. The highest BCUT2D eigenvalue weighted by atomic mass is 16.4. The Kier molecular flexibility index (Phi) is 4.95. The summed E-state index contributed by atoms with van der Waals surface area (Å²) in [5.41, 5.74) is 7.37. The number of nitrogens with zero attached hydrogens (tertiary/aromatic N) is 4. The average Bonchev–Trinajstić information content (AvgIpc) is 3.11. The first-order chi connectivity index (χ1) is 15.3. The van der Waals surface area contributed by atoms with E-state index in [1.807, 2.05) is 16.7 Å². The molecule has 1 aromatic rings. The third-order valence-electron chi connectivity index (χ3n) is 7.63. The predicted octanol–water partition coefficient (Wildman–Crippen LogP) is 0.571. The monoisotopic (exact) mass is 437 g/mol. The molecule has 9 heteroatoms. The van der Waals surface area contributed by atoms with Gasteiger partial charge in [-0.15, -0.1) is 0 Å². The molecule has 3 saturated heterocycles. The zero-order valence-electron chi connectivity index (χ0n) is 17.9. The van der Waals surface area contributed by atoms with Crippen molar-refractivity contribution in [1.82, 2.24) is 14.7 Å². The lowest BCUT2D eigenvalue weighted by atomic mass is 10.0. The molecular weight excluding hydrogens is 410 g/mol. The molecule has 0 spiro atoms. The molecule has 0 radical (unpaired) electrons. The molecule has 7 atom stereocenters. The Morgan fingerprint density at radius 1 is 1.25 bits per heavy atom. The highest BCUT2D eigenvalue weighted by Gasteiger charge is 2.56. The molecule has 1 aliphatic carbocycles. The molecule has 5 rings (SSSR count). The molecule has 4 fully saturated rings. The van der Waals surface area contributed by atoms with E-state index >= 15 is 0 Å². The van der Waals surface area contributed by atoms with Crippen LogP contribution in [0.25, 0.3) is 0 Å². The normalized spacial score (nSPS) is 32.5. The number of likely N-dealkylation sites (tertiary alicyclic amines) is 3. The molecule has 2 bridgehead atoms. The van der Waals surface area contributed by atoms with Crippen LogP contribution in [0.2, 0.25) is 0 Å². The van der Waals surface area contributed by atoms with Crippen molar-refractivity contribution in [3.8, 4) is 6.07 Å². The summed E-state index contributed by atoms with van der Waals surface area (Å²) in [6, 6.07) is 7.48. The number of fused-ring (bicyclic) bond motifs is 3. The molecule has 9 nitrogen and oxygen atoms in total. The summed E-state index contributed by atoms with van der Waals surface area (Å²) in [5.74, 6) is -0.691. The Morgan fingerprint density at radius 3 is 2.59 bits per heavy atom. The van der Waals surface area contributed by atoms with Gasteiger partial charge in [-0.25, -0.2) is 4.79 Å². The number of rotatable bonds is 6. The van der Waals surface area contributed by atoms with Gasteiger partial charge < -0.3 is 20.6 Å². The van der Waals surface area contributed by atoms with Gasteiger partial charge in [0.15, 0.2) is 0 Å². The van der Waals surface area contributed by atoms with Gasteiger partial charge in [-0.3, -0.25) is 14.5 Å². The van der Waals surface area contributed by atoms with Crippen LogP contribution in [0.1, 0.15) is 48.1 Å². The number of benzene rings is 1. The van der Waals surface area contributed by atoms with Crippen LogP contribution in [-0.2, 0) is 9.59 Å². The molecule has 1 saturated carbocycles. The highest BCUT2D eigenvalue weighted by molar-refractivity contribution is 5.88. The fourth-order valence-electron chi connectivity index (χ4n) is 5.87. The van der Waals surface area contributed by atoms with Gasteiger partial charge in [0.25, 0.3) is 0 Å². The first-order valence-electron chi connectivity index (χ1n) is 11.2. The molecule has 4 unspecified atom stereocenters. The fourth-order valence-corrected chi connectivity index (χ4v) is 5.87. The van der Waals surface area contributed by atoms with Crippen LogP contribution in [0, 0.1) is 17.2 Å². The number of hydrogen-bond acceptors (Lipinski definition) is 6. The molecule has 1 aromatic carbocycles. The van der Waals surface area contributed by atoms with Crippen LogP contribution in [0.5, 0.6) is 0 Å². The van der Waals surface area contributed by atoms with Crippen LogP contribution in [0.4, 0.5) is 0 Å². The van der Waals surface area contributed by atoms with E-state index in [0.29, 0.717) is 25.4 Å². The second-order valence-electron chi connectivity index (χ2n) is 9.50. The number of piperidine rings is 1. The van der Waals surface area contributed by atoms with Gasteiger partial charge in [-0.1, -0.05) is 12.1 Å². The maximum Gasteiger partial charge on any atom is 0.335 e. The minimum Gasteiger partial charge on any atom is -0.478 e. The number of piperazine rings is 1. The minimum atomic E-state index is -0.978. The van der Waals surface area contributed by atoms with E-state index in [-0.39, 0.29) is 47.6 Å². The number of carbonyl (C=O) groups is 3. The first kappa shape index (κ1) is 20.9. The first-order valence-corrected chi connectivity index (χ1v) is 11.2. The maximum atomic E-state index is 13.1. The molecule has 4 aliphatic rings. The van der Waals surface area contributed by atoms with E-state index in [0.717, 1.165) is 18.4 Å². The van der Waals surface area contributed by atoms with Crippen molar-refractivity contribution in [3.63, 3.8) is 0 Å². The van der Waals surface area contributed by atoms with Crippen molar-refractivity contribution in [2.24, 2.45) is 11.7 Å². The summed E-state index contributed by atoms with van der Waals surface area (Å²) in [6.45, 7) is 2.92. The van der Waals surface area contributed by atoms with Crippen molar-refractivity contribution >= 4 is 17.8 Å². The molecule has 3 heterocycles. The summed E-state index contributed by atoms with van der Waals surface area (Å²) >= 11 is 0. The number of nitrogens with two attached hydrogens (primary N) is 1. The van der Waals surface area contributed by atoms with E-state index < -0.39 is 12.0 Å². The van der Waals surface area contributed by atoms with Crippen LogP contribution >= 0.6 is 0 Å². The quantitative estimate of drug-likeness (QED) is 0.665. The van der Waals surface area contributed by atoms with Gasteiger partial charge in [-0.05, 0) is 49.8 Å². The van der Waals surface area contributed by atoms with E-state index in [9.17, 15) is 19.6 Å². The molecule has 3 N–H and O–H groups in total. The lowest BCUT2D eigenvalue weighted by molar-refractivity contribution is -0.141. The molecule has 2 amide bonds. The predicted molar refractivity (Wildman–Crippen MR) is 113 cm³/mol. The van der Waals surface area contributed by atoms with Gasteiger partial charge >= 0.3 is 5.97 Å². The maximum absolute atomic E-state index is 13.1. The standard InChI is InChI=1S/C23H27N5O4/c1-12(13-2-4-14(5-3-13)23(31)32)27-17-8-20(22(27)30)26(10-17)11-18(25)21(29)28-16(9-24)6-15-7-19(15)28/h2-5,12,15-20H,6-8,10-11,25H2,1H3,(H,31,32)/t12?,15-,16?,17?,18?,19+,20+/m1/s1. The third-order valence-corrected chi connectivity index (χ3v) is 7.63. The van der Waals surface area contributed by atoms with Gasteiger partial charge in [0.2, 0.25) is 11.8 Å². The summed E-state index contributed by atoms with van der Waals surface area (Å²) in [4.78, 5) is 42.7. The number of carbonyl (C=O) groups excluding carboxylic acids is 2. The Hall–Kier alpha value is -2.96. The van der Waals surface area contributed by atoms with Gasteiger partial charge in [0, 0.05) is 25.2 Å². The Labute approximate surface area is 186 Å². The van der Waals surface area contributed by atoms with Crippen LogP contribution in [0.15, 0.2) is 24.3 Å². The number of carboxylic acids is 1. The van der Waals surface area contributed by atoms with Gasteiger partial charge in [0.05, 0.1) is 29.8 Å². The van der Waals surface area contributed by atoms with E-state index in [2.05, 4.69) is 6.07 Å². The minimum absolute atomic E-state index is 0.0223. The third kappa shape index (κ3) is 3.26. The number of amides is 2. The largest absolute Gasteiger partial charge is 0.478 e. The Morgan fingerprint density at radius 2 is 1.97 bits per heavy atom. The zero-order chi connectivity index (χ0) is 22.7. The number of nitriles is 1. The Bertz CT molecular complexity index is 1000. The lowest BCUT2D eigenvalue weighted by Gasteiger charge is -2.38. The number of hydrogen-bond donors (Lipinski definition) is 2. The summed E-state index contributed by atoms with van der Waals surface area (Å²) in [7, 11) is 0. The second kappa shape index (κ2) is 7.57. The summed E-state index contributed by atoms with van der Waals surface area (Å²) < 4.78 is 0. The summed E-state index contributed by atoms with van der Waals surface area (Å²) in [6.07, 6.45) is 2.41. The molecule has 32 heavy (non-hydrogen) atoms. The smallest absolute Gasteiger partial charge is 0.335 e.